The molecule has 0 saturated carbocycles. The van der Waals surface area contributed by atoms with Crippen molar-refractivity contribution in [3.63, 3.8) is 0 Å². The fourth-order valence-electron chi connectivity index (χ4n) is 1.27. The first-order valence-electron chi connectivity index (χ1n) is 4.17. The third-order valence-electron chi connectivity index (χ3n) is 1.93. The second-order valence-corrected chi connectivity index (χ2v) is 3.71. The molecule has 66 valence electrons. The molecule has 0 fully saturated rings. The van der Waals surface area contributed by atoms with Gasteiger partial charge in [0.1, 0.15) is 10.7 Å². The molecule has 13 heavy (non-hydrogen) atoms. The standard InChI is InChI=1S/C10H9NOS/c12-6-9-7-13-10(11-9)8-4-2-1-3-5-8/h1-2,4,6-7H,3,5H2. The highest BCUT2D eigenvalue weighted by Gasteiger charge is 2.07. The van der Waals surface area contributed by atoms with Gasteiger partial charge in [0.15, 0.2) is 6.29 Å². The van der Waals surface area contributed by atoms with E-state index in [2.05, 4.69) is 17.1 Å². The zero-order chi connectivity index (χ0) is 9.10. The van der Waals surface area contributed by atoms with E-state index in [0.29, 0.717) is 5.69 Å². The normalized spacial score (nSPS) is 15.5. The van der Waals surface area contributed by atoms with Crippen molar-refractivity contribution in [2.75, 3.05) is 0 Å². The summed E-state index contributed by atoms with van der Waals surface area (Å²) in [4.78, 5) is 14.6. The first-order chi connectivity index (χ1) is 6.40. The van der Waals surface area contributed by atoms with Crippen molar-refractivity contribution in [2.24, 2.45) is 0 Å². The average molecular weight is 191 g/mol. The predicted molar refractivity (Wildman–Crippen MR) is 53.9 cm³/mol. The lowest BCUT2D eigenvalue weighted by Crippen LogP contribution is -1.87. The summed E-state index contributed by atoms with van der Waals surface area (Å²) in [6.07, 6.45) is 9.14. The minimum absolute atomic E-state index is 0.537. The highest BCUT2D eigenvalue weighted by atomic mass is 32.1. The molecule has 1 aliphatic rings. The molecular weight excluding hydrogens is 182 g/mol. The van der Waals surface area contributed by atoms with Crippen molar-refractivity contribution in [2.45, 2.75) is 12.8 Å². The van der Waals surface area contributed by atoms with Gasteiger partial charge in [-0.1, -0.05) is 18.2 Å². The number of hydrogen-bond donors (Lipinski definition) is 0. The van der Waals surface area contributed by atoms with Crippen LogP contribution in [-0.4, -0.2) is 11.3 Å². The maximum atomic E-state index is 10.4. The fourth-order valence-corrected chi connectivity index (χ4v) is 2.09. The zero-order valence-electron chi connectivity index (χ0n) is 7.06. The first kappa shape index (κ1) is 8.38. The van der Waals surface area contributed by atoms with Crippen LogP contribution in [-0.2, 0) is 0 Å². The first-order valence-corrected chi connectivity index (χ1v) is 5.05. The van der Waals surface area contributed by atoms with Gasteiger partial charge in [0.05, 0.1) is 0 Å². The Hall–Kier alpha value is -1.22. The van der Waals surface area contributed by atoms with Crippen LogP contribution < -0.4 is 0 Å². The summed E-state index contributed by atoms with van der Waals surface area (Å²) in [5, 5.41) is 2.77. The molecular formula is C10H9NOS. The maximum absolute atomic E-state index is 10.4. The van der Waals surface area contributed by atoms with Crippen molar-refractivity contribution in [1.82, 2.24) is 4.98 Å². The van der Waals surface area contributed by atoms with Crippen LogP contribution in [0.2, 0.25) is 0 Å². The summed E-state index contributed by atoms with van der Waals surface area (Å²) in [6.45, 7) is 0. The van der Waals surface area contributed by atoms with Crippen molar-refractivity contribution < 1.29 is 4.79 Å². The van der Waals surface area contributed by atoms with Crippen LogP contribution in [0.5, 0.6) is 0 Å². The number of allylic oxidation sites excluding steroid dienone is 4. The van der Waals surface area contributed by atoms with E-state index in [1.165, 1.54) is 16.9 Å². The fraction of sp³-hybridized carbons (Fsp3) is 0.200. The van der Waals surface area contributed by atoms with Gasteiger partial charge in [0, 0.05) is 5.38 Å². The Bertz CT molecular complexity index is 376. The Morgan fingerprint density at radius 1 is 1.54 bits per heavy atom. The Kier molecular flexibility index (Phi) is 2.36. The van der Waals surface area contributed by atoms with Crippen molar-refractivity contribution in [3.8, 4) is 0 Å². The van der Waals surface area contributed by atoms with Crippen molar-refractivity contribution in [1.29, 1.82) is 0 Å². The third kappa shape index (κ3) is 1.75. The van der Waals surface area contributed by atoms with Gasteiger partial charge < -0.3 is 0 Å². The molecule has 0 unspecified atom stereocenters. The van der Waals surface area contributed by atoms with Crippen LogP contribution in [0.4, 0.5) is 0 Å². The van der Waals surface area contributed by atoms with E-state index in [4.69, 9.17) is 0 Å². The molecule has 0 N–H and O–H groups in total. The van der Waals surface area contributed by atoms with Gasteiger partial charge in [-0.15, -0.1) is 11.3 Å². The number of aromatic nitrogens is 1. The van der Waals surface area contributed by atoms with Crippen molar-refractivity contribution in [3.05, 3.63) is 34.3 Å². The van der Waals surface area contributed by atoms with E-state index < -0.39 is 0 Å². The molecule has 2 rings (SSSR count). The minimum atomic E-state index is 0.537. The molecule has 0 radical (unpaired) electrons. The summed E-state index contributed by atoms with van der Waals surface area (Å²) in [7, 11) is 0. The van der Waals surface area contributed by atoms with Gasteiger partial charge in [-0.2, -0.15) is 0 Å². The minimum Gasteiger partial charge on any atom is -0.296 e. The Morgan fingerprint density at radius 3 is 3.08 bits per heavy atom. The zero-order valence-corrected chi connectivity index (χ0v) is 7.88. The molecule has 0 amide bonds. The third-order valence-corrected chi connectivity index (χ3v) is 2.87. The Labute approximate surface area is 80.6 Å². The monoisotopic (exact) mass is 191 g/mol. The Balaban J connectivity index is 2.29. The number of aldehydes is 1. The number of nitrogens with zero attached hydrogens (tertiary/aromatic N) is 1. The van der Waals surface area contributed by atoms with Crippen molar-refractivity contribution >= 4 is 23.2 Å². The largest absolute Gasteiger partial charge is 0.296 e. The van der Waals surface area contributed by atoms with Gasteiger partial charge >= 0.3 is 0 Å². The summed E-state index contributed by atoms with van der Waals surface area (Å²) in [6, 6.07) is 0. The molecule has 0 bridgehead atoms. The molecule has 0 aromatic carbocycles. The molecule has 0 spiro atoms. The van der Waals surface area contributed by atoms with Gasteiger partial charge in [-0.05, 0) is 18.4 Å². The van der Waals surface area contributed by atoms with Gasteiger partial charge in [0.2, 0.25) is 0 Å². The van der Waals surface area contributed by atoms with E-state index in [9.17, 15) is 4.79 Å². The van der Waals surface area contributed by atoms with E-state index in [0.717, 1.165) is 24.1 Å². The lowest BCUT2D eigenvalue weighted by molar-refractivity contribution is 0.111. The van der Waals surface area contributed by atoms with E-state index in [1.807, 2.05) is 6.08 Å². The predicted octanol–water partition coefficient (Wildman–Crippen LogP) is 2.69. The smallest absolute Gasteiger partial charge is 0.169 e. The van der Waals surface area contributed by atoms with Crippen LogP contribution in [0.1, 0.15) is 28.3 Å². The number of rotatable bonds is 2. The molecule has 1 aromatic heterocycles. The number of thiazole rings is 1. The number of carbonyl (C=O) groups is 1. The summed E-state index contributed by atoms with van der Waals surface area (Å²) < 4.78 is 0. The van der Waals surface area contributed by atoms with Crippen LogP contribution in [0.25, 0.3) is 5.57 Å². The van der Waals surface area contributed by atoms with E-state index in [-0.39, 0.29) is 0 Å². The SMILES string of the molecule is O=Cc1csc(C2=CC=CCC2)n1. The van der Waals surface area contributed by atoms with Crippen LogP contribution in [0.3, 0.4) is 0 Å². The van der Waals surface area contributed by atoms with Crippen LogP contribution in [0, 0.1) is 0 Å². The second-order valence-electron chi connectivity index (χ2n) is 2.85. The van der Waals surface area contributed by atoms with Gasteiger partial charge in [-0.25, -0.2) is 4.98 Å². The second kappa shape index (κ2) is 3.66. The highest BCUT2D eigenvalue weighted by Crippen LogP contribution is 2.25. The molecule has 1 aliphatic carbocycles. The molecule has 2 nitrogen and oxygen atoms in total. The van der Waals surface area contributed by atoms with Gasteiger partial charge in [0.25, 0.3) is 0 Å². The molecule has 0 atom stereocenters. The lowest BCUT2D eigenvalue weighted by Gasteiger charge is -2.03. The summed E-state index contributed by atoms with van der Waals surface area (Å²) in [5.74, 6) is 0. The summed E-state index contributed by atoms with van der Waals surface area (Å²) in [5.41, 5.74) is 1.77. The topological polar surface area (TPSA) is 30.0 Å². The van der Waals surface area contributed by atoms with E-state index >= 15 is 0 Å². The Morgan fingerprint density at radius 2 is 2.46 bits per heavy atom. The molecule has 1 aromatic rings. The van der Waals surface area contributed by atoms with Gasteiger partial charge in [-0.3, -0.25) is 4.79 Å². The number of hydrogen-bond acceptors (Lipinski definition) is 3. The van der Waals surface area contributed by atoms with E-state index in [1.54, 1.807) is 5.38 Å². The molecule has 1 heterocycles. The maximum Gasteiger partial charge on any atom is 0.169 e. The highest BCUT2D eigenvalue weighted by molar-refractivity contribution is 7.10. The lowest BCUT2D eigenvalue weighted by atomic mass is 10.1. The quantitative estimate of drug-likeness (QED) is 0.673. The molecule has 0 saturated heterocycles. The molecule has 0 aliphatic heterocycles. The molecule has 3 heteroatoms. The summed E-state index contributed by atoms with van der Waals surface area (Å²) >= 11 is 1.54. The van der Waals surface area contributed by atoms with Crippen LogP contribution in [0.15, 0.2) is 23.6 Å². The average Bonchev–Trinajstić information content (AvgIpc) is 2.67. The van der Waals surface area contributed by atoms with Crippen LogP contribution >= 0.6 is 11.3 Å². The number of carbonyl (C=O) groups excluding carboxylic acids is 1.